The minimum Gasteiger partial charge on any atom is -0.383 e. The molecular weight excluding hydrogens is 378 g/mol. The molecule has 0 aliphatic heterocycles. The van der Waals surface area contributed by atoms with Gasteiger partial charge in [-0.3, -0.25) is 4.52 Å². The van der Waals surface area contributed by atoms with Gasteiger partial charge in [-0.15, -0.1) is 12.4 Å². The van der Waals surface area contributed by atoms with Crippen molar-refractivity contribution in [3.63, 3.8) is 0 Å². The van der Waals surface area contributed by atoms with E-state index in [1.54, 1.807) is 24.5 Å². The molecule has 0 fully saturated rings. The highest BCUT2D eigenvalue weighted by atomic mass is 35.5. The Labute approximate surface area is 150 Å². The molecule has 0 saturated heterocycles. The monoisotopic (exact) mass is 398 g/mol. The molecule has 0 amide bonds. The fourth-order valence-electron chi connectivity index (χ4n) is 2.08. The predicted molar refractivity (Wildman–Crippen MR) is 93.1 cm³/mol. The Kier molecular flexibility index (Phi) is 7.72. The highest BCUT2D eigenvalue weighted by Crippen LogP contribution is 2.35. The Bertz CT molecular complexity index is 737. The van der Waals surface area contributed by atoms with Crippen molar-refractivity contribution in [2.45, 2.75) is 33.2 Å². The summed E-state index contributed by atoms with van der Waals surface area (Å²) in [5.74, 6) is 1.12. The van der Waals surface area contributed by atoms with Gasteiger partial charge in [-0.25, -0.2) is 14.5 Å². The van der Waals surface area contributed by atoms with Gasteiger partial charge in [0.15, 0.2) is 12.2 Å². The smallest absolute Gasteiger partial charge is 0.383 e. The van der Waals surface area contributed by atoms with Crippen LogP contribution in [0.4, 0.5) is 5.82 Å². The first-order valence-electron chi connectivity index (χ1n) is 7.01. The molecule has 0 saturated carbocycles. The van der Waals surface area contributed by atoms with Crippen LogP contribution in [-0.4, -0.2) is 26.4 Å². The second-order valence-electron chi connectivity index (χ2n) is 5.11. The minimum absolute atomic E-state index is 0. The molecule has 2 rings (SSSR count). The number of aromatic nitrogens is 3. The van der Waals surface area contributed by atoms with Gasteiger partial charge in [0.2, 0.25) is 5.51 Å². The van der Waals surface area contributed by atoms with Crippen LogP contribution in [0.1, 0.15) is 28.4 Å². The van der Waals surface area contributed by atoms with Crippen molar-refractivity contribution in [2.24, 2.45) is 0 Å². The Morgan fingerprint density at radius 1 is 1.42 bits per heavy atom. The molecular formula is C13H21ClN4O4PS+. The Morgan fingerprint density at radius 2 is 2.12 bits per heavy atom. The molecule has 134 valence electrons. The van der Waals surface area contributed by atoms with Gasteiger partial charge in [-0.05, 0) is 19.8 Å². The molecule has 0 aliphatic carbocycles. The number of anilines is 1. The van der Waals surface area contributed by atoms with Crippen LogP contribution in [0.5, 0.6) is 0 Å². The highest BCUT2D eigenvalue weighted by molar-refractivity contribution is 7.46. The summed E-state index contributed by atoms with van der Waals surface area (Å²) in [5, 5.41) is 0. The average Bonchev–Trinajstić information content (AvgIpc) is 2.78. The normalized spacial score (nSPS) is 11.3. The molecule has 0 atom stereocenters. The SMILES string of the molecule is Cc1ncc(C[n+]2cs[13c](CCCOP(=O)(O)O)[13c]2[13CH3])c(N)n1.Cl. The number of aryl methyl sites for hydroxylation is 2. The lowest BCUT2D eigenvalue weighted by Gasteiger charge is -2.04. The van der Waals surface area contributed by atoms with E-state index in [1.807, 2.05) is 12.4 Å². The van der Waals surface area contributed by atoms with E-state index in [0.717, 1.165) is 16.1 Å². The first-order valence-corrected chi connectivity index (χ1v) is 9.42. The second kappa shape index (κ2) is 8.84. The summed E-state index contributed by atoms with van der Waals surface area (Å²) in [6.07, 6.45) is 2.97. The van der Waals surface area contributed by atoms with Crippen LogP contribution in [0.3, 0.4) is 0 Å². The summed E-state index contributed by atoms with van der Waals surface area (Å²) < 4.78 is 17.1. The van der Waals surface area contributed by atoms with Crippen LogP contribution in [0.2, 0.25) is 0 Å². The standard InChI is InChI=1S/C13H19N4O4PS.ClH/c1-9-12(4-3-5-21-22(18,19)20)23-8-17(9)7-11-6-15-10(2)16-13(11)14;/h6,8H,3-5,7H2,1-2H3,(H3-,14,15,16,18,19,20);1H/p+1/i1+1,9+1,12+1;. The Balaban J connectivity index is 0.00000288. The van der Waals surface area contributed by atoms with Crippen LogP contribution in [0, 0.1) is 13.8 Å². The lowest BCUT2D eigenvalue weighted by molar-refractivity contribution is -0.689. The summed E-state index contributed by atoms with van der Waals surface area (Å²) in [7, 11) is -4.38. The molecule has 0 bridgehead atoms. The highest BCUT2D eigenvalue weighted by Gasteiger charge is 2.18. The molecule has 2 aromatic rings. The maximum atomic E-state index is 10.6. The van der Waals surface area contributed by atoms with Crippen molar-refractivity contribution in [2.75, 3.05) is 12.3 Å². The van der Waals surface area contributed by atoms with Crippen molar-refractivity contribution < 1.29 is 23.4 Å². The van der Waals surface area contributed by atoms with E-state index in [4.69, 9.17) is 15.5 Å². The van der Waals surface area contributed by atoms with Gasteiger partial charge in [-0.1, -0.05) is 11.3 Å². The topological polar surface area (TPSA) is 122 Å². The third kappa shape index (κ3) is 6.08. The minimum atomic E-state index is -4.38. The Hall–Kier alpha value is -1.09. The maximum Gasteiger partial charge on any atom is 0.469 e. The van der Waals surface area contributed by atoms with Gasteiger partial charge in [0.05, 0.1) is 17.0 Å². The van der Waals surface area contributed by atoms with Crippen molar-refractivity contribution in [1.82, 2.24) is 9.97 Å². The summed E-state index contributed by atoms with van der Waals surface area (Å²) in [6, 6.07) is 0. The number of halogens is 1. The molecule has 2 heterocycles. The molecule has 24 heavy (non-hydrogen) atoms. The van der Waals surface area contributed by atoms with Crippen molar-refractivity contribution in [3.8, 4) is 0 Å². The molecule has 8 nitrogen and oxygen atoms in total. The van der Waals surface area contributed by atoms with Gasteiger partial charge in [-0.2, -0.15) is 4.57 Å². The lowest BCUT2D eigenvalue weighted by atomic mass is 10.3. The van der Waals surface area contributed by atoms with Gasteiger partial charge >= 0.3 is 7.82 Å². The number of thiazole rings is 1. The van der Waals surface area contributed by atoms with E-state index < -0.39 is 7.82 Å². The number of phosphoric ester groups is 1. The quantitative estimate of drug-likeness (QED) is 0.280. The van der Waals surface area contributed by atoms with Crippen LogP contribution in [-0.2, 0) is 22.1 Å². The molecule has 11 heteroatoms. The third-order valence-corrected chi connectivity index (χ3v) is 4.99. The van der Waals surface area contributed by atoms with Gasteiger partial charge in [0.25, 0.3) is 0 Å². The molecule has 0 unspecified atom stereocenters. The number of phosphoric acid groups is 1. The predicted octanol–water partition coefficient (Wildman–Crippen LogP) is 1.54. The summed E-state index contributed by atoms with van der Waals surface area (Å²) in [6.45, 7) is 4.41. The van der Waals surface area contributed by atoms with Gasteiger partial charge < -0.3 is 15.5 Å². The second-order valence-corrected chi connectivity index (χ2v) is 7.29. The molecule has 2 aromatic heterocycles. The van der Waals surface area contributed by atoms with Crippen molar-refractivity contribution in [3.05, 3.63) is 33.7 Å². The van der Waals surface area contributed by atoms with Crippen LogP contribution in [0.25, 0.3) is 0 Å². The first-order chi connectivity index (χ1) is 10.8. The van der Waals surface area contributed by atoms with Crippen LogP contribution < -0.4 is 10.3 Å². The van der Waals surface area contributed by atoms with E-state index >= 15 is 0 Å². The largest absolute Gasteiger partial charge is 0.469 e. The van der Waals surface area contributed by atoms with Crippen molar-refractivity contribution >= 4 is 37.4 Å². The first kappa shape index (κ1) is 21.0. The lowest BCUT2D eigenvalue weighted by Crippen LogP contribution is -2.35. The zero-order valence-electron chi connectivity index (χ0n) is 13.4. The van der Waals surface area contributed by atoms with Gasteiger partial charge in [0, 0.05) is 13.1 Å². The fourth-order valence-corrected chi connectivity index (χ4v) is 3.49. The third-order valence-electron chi connectivity index (χ3n) is 3.32. The Morgan fingerprint density at radius 3 is 2.75 bits per heavy atom. The summed E-state index contributed by atoms with van der Waals surface area (Å²) in [4.78, 5) is 26.8. The van der Waals surface area contributed by atoms with Crippen LogP contribution >= 0.6 is 31.6 Å². The average molecular weight is 399 g/mol. The van der Waals surface area contributed by atoms with E-state index in [0.29, 0.717) is 31.0 Å². The summed E-state index contributed by atoms with van der Waals surface area (Å²) in [5.41, 5.74) is 9.86. The van der Waals surface area contributed by atoms with Crippen molar-refractivity contribution in [1.29, 1.82) is 0 Å². The zero-order chi connectivity index (χ0) is 17.0. The van der Waals surface area contributed by atoms with E-state index in [-0.39, 0.29) is 19.0 Å². The van der Waals surface area contributed by atoms with E-state index in [1.165, 1.54) is 0 Å². The summed E-state index contributed by atoms with van der Waals surface area (Å²) >= 11 is 1.59. The molecule has 0 aromatic carbocycles. The molecule has 0 spiro atoms. The molecule has 4 N–H and O–H groups in total. The van der Waals surface area contributed by atoms with Crippen LogP contribution in [0.15, 0.2) is 11.7 Å². The van der Waals surface area contributed by atoms with Gasteiger partial charge in [0.1, 0.15) is 11.6 Å². The number of hydrogen-bond donors (Lipinski definition) is 3. The number of hydrogen-bond acceptors (Lipinski definition) is 6. The number of nitrogen functional groups attached to an aromatic ring is 1. The number of nitrogens with two attached hydrogens (primary N) is 1. The van der Waals surface area contributed by atoms with E-state index in [9.17, 15) is 4.57 Å². The zero-order valence-corrected chi connectivity index (χ0v) is 15.9. The molecule has 0 radical (unpaired) electrons. The number of nitrogens with zero attached hydrogens (tertiary/aromatic N) is 3. The fraction of sp³-hybridized carbons (Fsp3) is 0.462. The molecule has 0 aliphatic rings. The number of rotatable bonds is 7. The maximum absolute atomic E-state index is 10.6. The van der Waals surface area contributed by atoms with E-state index in [2.05, 4.69) is 19.1 Å².